The first-order valence-electron chi connectivity index (χ1n) is 10.7. The van der Waals surface area contributed by atoms with E-state index in [-0.39, 0.29) is 30.0 Å². The second kappa shape index (κ2) is 8.81. The Kier molecular flexibility index (Phi) is 6.06. The van der Waals surface area contributed by atoms with Crippen LogP contribution in [0.15, 0.2) is 41.0 Å². The highest BCUT2D eigenvalue weighted by Crippen LogP contribution is 2.40. The molecule has 0 aliphatic carbocycles. The zero-order chi connectivity index (χ0) is 23.8. The highest BCUT2D eigenvalue weighted by Gasteiger charge is 2.43. The van der Waals surface area contributed by atoms with Crippen LogP contribution < -0.4 is 10.6 Å². The molecule has 2 N–H and O–H groups in total. The highest BCUT2D eigenvalue weighted by molar-refractivity contribution is 5.91. The van der Waals surface area contributed by atoms with E-state index in [1.807, 2.05) is 0 Å². The Bertz CT molecular complexity index is 1070. The van der Waals surface area contributed by atoms with Crippen molar-refractivity contribution in [3.8, 4) is 6.07 Å². The summed E-state index contributed by atoms with van der Waals surface area (Å²) in [5, 5.41) is 9.03. The van der Waals surface area contributed by atoms with E-state index in [0.717, 1.165) is 12.1 Å². The van der Waals surface area contributed by atoms with Crippen LogP contribution in [0.3, 0.4) is 0 Å². The Hall–Kier alpha value is -3.48. The van der Waals surface area contributed by atoms with Crippen molar-refractivity contribution in [3.63, 3.8) is 0 Å². The Morgan fingerprint density at radius 1 is 1.15 bits per heavy atom. The predicted molar refractivity (Wildman–Crippen MR) is 112 cm³/mol. The van der Waals surface area contributed by atoms with E-state index in [0.29, 0.717) is 38.2 Å². The molecule has 4 rings (SSSR count). The smallest absolute Gasteiger partial charge is 0.417 e. The number of carbonyl (C=O) groups excluding carboxylic acids is 2. The first kappa shape index (κ1) is 22.7. The largest absolute Gasteiger partial charge is 0.459 e. The van der Waals surface area contributed by atoms with E-state index in [9.17, 15) is 22.8 Å². The van der Waals surface area contributed by atoms with Crippen LogP contribution in [0.25, 0.3) is 0 Å². The summed E-state index contributed by atoms with van der Waals surface area (Å²) in [5.41, 5.74) is 4.52. The average Bonchev–Trinajstić information content (AvgIpc) is 3.48. The summed E-state index contributed by atoms with van der Waals surface area (Å²) >= 11 is 0. The fourth-order valence-corrected chi connectivity index (χ4v) is 4.97. The summed E-state index contributed by atoms with van der Waals surface area (Å²) in [4.78, 5) is 28.1. The van der Waals surface area contributed by atoms with Gasteiger partial charge in [0.2, 0.25) is 5.91 Å². The molecule has 2 aromatic rings. The molecule has 2 atom stereocenters. The second-order valence-corrected chi connectivity index (χ2v) is 8.52. The molecule has 2 saturated heterocycles. The molecule has 10 heteroatoms. The number of amides is 2. The maximum absolute atomic E-state index is 13.4. The average molecular weight is 460 g/mol. The monoisotopic (exact) mass is 460 g/mol. The van der Waals surface area contributed by atoms with Crippen molar-refractivity contribution in [2.75, 3.05) is 31.1 Å². The number of primary amides is 1. The van der Waals surface area contributed by atoms with Crippen LogP contribution in [0.2, 0.25) is 0 Å². The number of nitrogens with two attached hydrogens (primary N) is 1. The van der Waals surface area contributed by atoms with Crippen LogP contribution in [0.5, 0.6) is 0 Å². The van der Waals surface area contributed by atoms with Gasteiger partial charge in [-0.1, -0.05) is 0 Å². The molecular weight excluding hydrogens is 437 g/mol. The lowest BCUT2D eigenvalue weighted by atomic mass is 9.78. The third kappa shape index (κ3) is 4.53. The van der Waals surface area contributed by atoms with Gasteiger partial charge in [0.25, 0.3) is 5.91 Å². The van der Waals surface area contributed by atoms with Gasteiger partial charge in [-0.25, -0.2) is 0 Å². The Morgan fingerprint density at radius 2 is 1.88 bits per heavy atom. The number of carbonyl (C=O) groups is 2. The molecule has 2 aliphatic heterocycles. The summed E-state index contributed by atoms with van der Waals surface area (Å²) in [5.74, 6) is -0.928. The number of piperidine rings is 1. The lowest BCUT2D eigenvalue weighted by molar-refractivity contribution is -0.137. The quantitative estimate of drug-likeness (QED) is 0.754. The van der Waals surface area contributed by atoms with E-state index >= 15 is 0 Å². The SMILES string of the molecule is N#Cc1ccc(N2C[C@@H](C(N)=O)[C@H](C3CCN(C(=O)c4ccco4)CC3)C2)cc1C(F)(F)F. The number of rotatable bonds is 4. The van der Waals surface area contributed by atoms with Gasteiger partial charge < -0.3 is 20.0 Å². The van der Waals surface area contributed by atoms with Crippen molar-refractivity contribution in [1.29, 1.82) is 5.26 Å². The Balaban J connectivity index is 1.49. The number of nitrogens with zero attached hydrogens (tertiary/aromatic N) is 3. The van der Waals surface area contributed by atoms with Crippen molar-refractivity contribution in [3.05, 3.63) is 53.5 Å². The standard InChI is InChI=1S/C23H23F3N4O3/c24-23(25,26)19-10-16(4-3-15(19)11-27)30-12-17(18(13-30)21(28)31)14-5-7-29(8-6-14)22(32)20-2-1-9-33-20/h1-4,9-10,14,17-18H,5-8,12-13H2,(H2,28,31)/t17-,18+/m0/s1. The first-order valence-corrected chi connectivity index (χ1v) is 10.7. The summed E-state index contributed by atoms with van der Waals surface area (Å²) in [6, 6.07) is 8.43. The number of anilines is 1. The highest BCUT2D eigenvalue weighted by atomic mass is 19.4. The van der Waals surface area contributed by atoms with Gasteiger partial charge in [0.1, 0.15) is 0 Å². The van der Waals surface area contributed by atoms with Crippen LogP contribution in [0.1, 0.15) is 34.5 Å². The molecule has 0 saturated carbocycles. The molecule has 0 unspecified atom stereocenters. The summed E-state index contributed by atoms with van der Waals surface area (Å²) < 4.78 is 45.4. The Morgan fingerprint density at radius 3 is 2.45 bits per heavy atom. The molecule has 2 fully saturated rings. The van der Waals surface area contributed by atoms with Gasteiger partial charge >= 0.3 is 6.18 Å². The maximum atomic E-state index is 13.4. The number of hydrogen-bond acceptors (Lipinski definition) is 5. The van der Waals surface area contributed by atoms with Crippen LogP contribution in [-0.4, -0.2) is 42.9 Å². The topological polar surface area (TPSA) is 104 Å². The fourth-order valence-electron chi connectivity index (χ4n) is 4.97. The van der Waals surface area contributed by atoms with Crippen molar-refractivity contribution < 1.29 is 27.2 Å². The molecular formula is C23H23F3N4O3. The molecule has 1 aromatic heterocycles. The maximum Gasteiger partial charge on any atom is 0.417 e. The normalized spacial score (nSPS) is 21.8. The molecule has 0 radical (unpaired) electrons. The summed E-state index contributed by atoms with van der Waals surface area (Å²) in [6.07, 6.45) is -1.89. The molecule has 0 bridgehead atoms. The lowest BCUT2D eigenvalue weighted by Gasteiger charge is -2.35. The number of likely N-dealkylation sites (tertiary alicyclic amines) is 1. The van der Waals surface area contributed by atoms with E-state index in [1.165, 1.54) is 12.3 Å². The van der Waals surface area contributed by atoms with Crippen LogP contribution >= 0.6 is 0 Å². The van der Waals surface area contributed by atoms with E-state index in [1.54, 1.807) is 28.0 Å². The molecule has 7 nitrogen and oxygen atoms in total. The van der Waals surface area contributed by atoms with Crippen molar-refractivity contribution >= 4 is 17.5 Å². The molecule has 33 heavy (non-hydrogen) atoms. The van der Waals surface area contributed by atoms with Gasteiger partial charge in [0.15, 0.2) is 5.76 Å². The zero-order valence-electron chi connectivity index (χ0n) is 17.7. The third-order valence-electron chi connectivity index (χ3n) is 6.69. The molecule has 1 aromatic carbocycles. The Labute approximate surface area is 188 Å². The summed E-state index contributed by atoms with van der Waals surface area (Å²) in [6.45, 7) is 1.60. The van der Waals surface area contributed by atoms with Gasteiger partial charge in [-0.3, -0.25) is 9.59 Å². The zero-order valence-corrected chi connectivity index (χ0v) is 17.7. The minimum absolute atomic E-state index is 0.105. The molecule has 174 valence electrons. The number of alkyl halides is 3. The number of furan rings is 1. The van der Waals surface area contributed by atoms with E-state index < -0.39 is 29.1 Å². The van der Waals surface area contributed by atoms with Gasteiger partial charge in [0, 0.05) is 31.9 Å². The van der Waals surface area contributed by atoms with Crippen LogP contribution in [0, 0.1) is 29.1 Å². The first-order chi connectivity index (χ1) is 15.7. The second-order valence-electron chi connectivity index (χ2n) is 8.52. The minimum Gasteiger partial charge on any atom is -0.459 e. The van der Waals surface area contributed by atoms with Crippen LogP contribution in [-0.2, 0) is 11.0 Å². The number of halogens is 3. The lowest BCUT2D eigenvalue weighted by Crippen LogP contribution is -2.42. The van der Waals surface area contributed by atoms with Gasteiger partial charge in [0.05, 0.1) is 29.4 Å². The number of benzene rings is 1. The minimum atomic E-state index is -4.66. The van der Waals surface area contributed by atoms with Crippen molar-refractivity contribution in [1.82, 2.24) is 4.90 Å². The number of hydrogen-bond donors (Lipinski definition) is 1. The molecule has 0 spiro atoms. The van der Waals surface area contributed by atoms with E-state index in [2.05, 4.69) is 0 Å². The summed E-state index contributed by atoms with van der Waals surface area (Å²) in [7, 11) is 0. The van der Waals surface area contributed by atoms with Crippen LogP contribution in [0.4, 0.5) is 18.9 Å². The fraction of sp³-hybridized carbons (Fsp3) is 0.435. The van der Waals surface area contributed by atoms with Crippen molar-refractivity contribution in [2.24, 2.45) is 23.5 Å². The number of nitriles is 1. The van der Waals surface area contributed by atoms with Gasteiger partial charge in [-0.15, -0.1) is 0 Å². The van der Waals surface area contributed by atoms with Gasteiger partial charge in [-0.05, 0) is 55.0 Å². The van der Waals surface area contributed by atoms with Gasteiger partial charge in [-0.2, -0.15) is 18.4 Å². The molecule has 2 aliphatic rings. The predicted octanol–water partition coefficient (Wildman–Crippen LogP) is 3.26. The molecule has 3 heterocycles. The molecule has 2 amide bonds. The third-order valence-corrected chi connectivity index (χ3v) is 6.69. The van der Waals surface area contributed by atoms with Crippen molar-refractivity contribution in [2.45, 2.75) is 19.0 Å². The van der Waals surface area contributed by atoms with E-state index in [4.69, 9.17) is 15.4 Å².